The number of hydrogen-bond acceptors (Lipinski definition) is 3. The molecule has 76 valence electrons. The smallest absolute Gasteiger partial charge is 0.162 e. The van der Waals surface area contributed by atoms with Gasteiger partial charge in [0.15, 0.2) is 5.78 Å². The van der Waals surface area contributed by atoms with Gasteiger partial charge in [-0.1, -0.05) is 12.1 Å². The molecule has 14 heavy (non-hydrogen) atoms. The van der Waals surface area contributed by atoms with Gasteiger partial charge in [0.05, 0.1) is 6.61 Å². The van der Waals surface area contributed by atoms with Crippen LogP contribution in [0, 0.1) is 0 Å². The molecule has 1 aromatic rings. The fraction of sp³-hybridized carbons (Fsp3) is 0.364. The molecule has 0 saturated heterocycles. The maximum absolute atomic E-state index is 10.9. The number of Topliss-reactive ketones (excluding diaryl/α,β-unsaturated/α-hetero) is 1. The average Bonchev–Trinajstić information content (AvgIpc) is 2.18. The van der Waals surface area contributed by atoms with Crippen LogP contribution in [0.3, 0.4) is 0 Å². The zero-order chi connectivity index (χ0) is 10.6. The molecule has 1 N–H and O–H groups in total. The van der Waals surface area contributed by atoms with Crippen molar-refractivity contribution < 1.29 is 14.6 Å². The van der Waals surface area contributed by atoms with Crippen molar-refractivity contribution >= 4 is 5.78 Å². The normalized spacial score (nSPS) is 12.2. The quantitative estimate of drug-likeness (QED) is 0.793. The number of benzene rings is 1. The van der Waals surface area contributed by atoms with Crippen molar-refractivity contribution in [3.05, 3.63) is 29.8 Å². The van der Waals surface area contributed by atoms with E-state index in [0.29, 0.717) is 12.2 Å². The maximum atomic E-state index is 10.9. The summed E-state index contributed by atoms with van der Waals surface area (Å²) in [5, 5.41) is 9.43. The number of ketones is 1. The summed E-state index contributed by atoms with van der Waals surface area (Å²) in [6.45, 7) is 3.87. The first kappa shape index (κ1) is 10.7. The molecule has 0 fully saturated rings. The third-order valence-corrected chi connectivity index (χ3v) is 1.89. The minimum Gasteiger partial charge on any atom is -0.494 e. The Labute approximate surface area is 83.3 Å². The Bertz CT molecular complexity index is 303. The van der Waals surface area contributed by atoms with Gasteiger partial charge in [-0.3, -0.25) is 4.79 Å². The maximum Gasteiger partial charge on any atom is 0.162 e. The number of hydrogen-bond donors (Lipinski definition) is 1. The van der Waals surface area contributed by atoms with Crippen molar-refractivity contribution in [1.82, 2.24) is 0 Å². The summed E-state index contributed by atoms with van der Waals surface area (Å²) in [5.74, 6) is 0.487. The van der Waals surface area contributed by atoms with E-state index in [0.717, 1.165) is 5.75 Å². The Morgan fingerprint density at radius 1 is 1.43 bits per heavy atom. The average molecular weight is 194 g/mol. The first-order valence-electron chi connectivity index (χ1n) is 4.56. The molecule has 0 aliphatic heterocycles. The Balaban J connectivity index is 2.77. The SMILES string of the molecule is CCOc1ccc(C(O)C(C)=O)cc1. The number of carbonyl (C=O) groups excluding carboxylic acids is 1. The summed E-state index contributed by atoms with van der Waals surface area (Å²) in [7, 11) is 0. The van der Waals surface area contributed by atoms with E-state index in [-0.39, 0.29) is 5.78 Å². The van der Waals surface area contributed by atoms with E-state index in [2.05, 4.69) is 0 Å². The molecule has 1 aromatic carbocycles. The van der Waals surface area contributed by atoms with Gasteiger partial charge in [0.1, 0.15) is 11.9 Å². The molecular weight excluding hydrogens is 180 g/mol. The van der Waals surface area contributed by atoms with Crippen LogP contribution < -0.4 is 4.74 Å². The lowest BCUT2D eigenvalue weighted by Crippen LogP contribution is -2.07. The lowest BCUT2D eigenvalue weighted by molar-refractivity contribution is -0.125. The molecule has 3 heteroatoms. The molecule has 0 heterocycles. The van der Waals surface area contributed by atoms with E-state index in [4.69, 9.17) is 4.74 Å². The fourth-order valence-electron chi connectivity index (χ4n) is 1.15. The molecule has 0 aromatic heterocycles. The van der Waals surface area contributed by atoms with Crippen LogP contribution in [0.1, 0.15) is 25.5 Å². The molecule has 1 atom stereocenters. The zero-order valence-electron chi connectivity index (χ0n) is 8.36. The number of aliphatic hydroxyl groups is 1. The van der Waals surface area contributed by atoms with Gasteiger partial charge < -0.3 is 9.84 Å². The highest BCUT2D eigenvalue weighted by Crippen LogP contribution is 2.18. The van der Waals surface area contributed by atoms with Gasteiger partial charge in [0.2, 0.25) is 0 Å². The van der Waals surface area contributed by atoms with E-state index in [1.165, 1.54) is 6.92 Å². The van der Waals surface area contributed by atoms with E-state index in [1.54, 1.807) is 24.3 Å². The van der Waals surface area contributed by atoms with E-state index in [1.807, 2.05) is 6.92 Å². The van der Waals surface area contributed by atoms with Crippen LogP contribution in [-0.2, 0) is 4.79 Å². The minimum atomic E-state index is -1.02. The lowest BCUT2D eigenvalue weighted by Gasteiger charge is -2.08. The minimum absolute atomic E-state index is 0.255. The fourth-order valence-corrected chi connectivity index (χ4v) is 1.15. The number of aliphatic hydroxyl groups excluding tert-OH is 1. The Hall–Kier alpha value is -1.35. The summed E-state index contributed by atoms with van der Waals surface area (Å²) < 4.78 is 5.23. The second kappa shape index (κ2) is 4.77. The number of ether oxygens (including phenoxy) is 1. The molecule has 0 aliphatic rings. The van der Waals surface area contributed by atoms with E-state index >= 15 is 0 Å². The summed E-state index contributed by atoms with van der Waals surface area (Å²) >= 11 is 0. The number of rotatable bonds is 4. The summed E-state index contributed by atoms with van der Waals surface area (Å²) in [6.07, 6.45) is -1.02. The molecule has 0 saturated carbocycles. The van der Waals surface area contributed by atoms with Crippen molar-refractivity contribution in [3.63, 3.8) is 0 Å². The molecule has 0 aliphatic carbocycles. The highest BCUT2D eigenvalue weighted by molar-refractivity contribution is 5.81. The summed E-state index contributed by atoms with van der Waals surface area (Å²) in [6, 6.07) is 6.87. The predicted octanol–water partition coefficient (Wildman–Crippen LogP) is 1.71. The van der Waals surface area contributed by atoms with E-state index in [9.17, 15) is 9.90 Å². The second-order valence-electron chi connectivity index (χ2n) is 3.02. The van der Waals surface area contributed by atoms with Crippen LogP contribution in [0.2, 0.25) is 0 Å². The standard InChI is InChI=1S/C11H14O3/c1-3-14-10-6-4-9(5-7-10)11(13)8(2)12/h4-7,11,13H,3H2,1-2H3. The van der Waals surface area contributed by atoms with Gasteiger partial charge in [-0.15, -0.1) is 0 Å². The van der Waals surface area contributed by atoms with Gasteiger partial charge in [0, 0.05) is 0 Å². The van der Waals surface area contributed by atoms with Crippen molar-refractivity contribution in [3.8, 4) is 5.75 Å². The van der Waals surface area contributed by atoms with Crippen LogP contribution in [0.15, 0.2) is 24.3 Å². The van der Waals surface area contributed by atoms with Crippen molar-refractivity contribution in [2.45, 2.75) is 20.0 Å². The van der Waals surface area contributed by atoms with Gasteiger partial charge >= 0.3 is 0 Å². The molecule has 0 amide bonds. The first-order chi connectivity index (χ1) is 6.65. The zero-order valence-corrected chi connectivity index (χ0v) is 8.36. The van der Waals surface area contributed by atoms with E-state index < -0.39 is 6.10 Å². The van der Waals surface area contributed by atoms with Crippen LogP contribution in [0.5, 0.6) is 5.75 Å². The van der Waals surface area contributed by atoms with Gasteiger partial charge in [-0.2, -0.15) is 0 Å². The second-order valence-corrected chi connectivity index (χ2v) is 3.02. The topological polar surface area (TPSA) is 46.5 Å². The monoisotopic (exact) mass is 194 g/mol. The third-order valence-electron chi connectivity index (χ3n) is 1.89. The molecular formula is C11H14O3. The summed E-state index contributed by atoms with van der Waals surface area (Å²) in [5.41, 5.74) is 0.598. The first-order valence-corrected chi connectivity index (χ1v) is 4.56. The van der Waals surface area contributed by atoms with Crippen molar-refractivity contribution in [2.75, 3.05) is 6.61 Å². The van der Waals surface area contributed by atoms with Crippen LogP contribution in [-0.4, -0.2) is 17.5 Å². The molecule has 0 bridgehead atoms. The molecule has 3 nitrogen and oxygen atoms in total. The molecule has 1 rings (SSSR count). The van der Waals surface area contributed by atoms with Crippen LogP contribution in [0.25, 0.3) is 0 Å². The number of carbonyl (C=O) groups is 1. The Kier molecular flexibility index (Phi) is 3.65. The highest BCUT2D eigenvalue weighted by Gasteiger charge is 2.11. The van der Waals surface area contributed by atoms with Crippen molar-refractivity contribution in [2.24, 2.45) is 0 Å². The Morgan fingerprint density at radius 2 is 2.00 bits per heavy atom. The molecule has 1 unspecified atom stereocenters. The lowest BCUT2D eigenvalue weighted by atomic mass is 10.1. The Morgan fingerprint density at radius 3 is 2.43 bits per heavy atom. The third kappa shape index (κ3) is 2.57. The molecule has 0 spiro atoms. The largest absolute Gasteiger partial charge is 0.494 e. The predicted molar refractivity (Wildman–Crippen MR) is 53.3 cm³/mol. The van der Waals surface area contributed by atoms with Gasteiger partial charge in [0.25, 0.3) is 0 Å². The molecule has 0 radical (unpaired) electrons. The summed E-state index contributed by atoms with van der Waals surface area (Å²) in [4.78, 5) is 10.9. The van der Waals surface area contributed by atoms with Gasteiger partial charge in [-0.25, -0.2) is 0 Å². The van der Waals surface area contributed by atoms with Gasteiger partial charge in [-0.05, 0) is 31.5 Å². The highest BCUT2D eigenvalue weighted by atomic mass is 16.5. The van der Waals surface area contributed by atoms with Crippen LogP contribution in [0.4, 0.5) is 0 Å². The van der Waals surface area contributed by atoms with Crippen molar-refractivity contribution in [1.29, 1.82) is 0 Å². The van der Waals surface area contributed by atoms with Crippen LogP contribution >= 0.6 is 0 Å².